The number of likely N-dealkylation sites (tertiary alicyclic amines) is 2. The average Bonchev–Trinajstić information content (AvgIpc) is 2.87. The Labute approximate surface area is 110 Å². The third-order valence-corrected chi connectivity index (χ3v) is 4.39. The molecule has 0 spiro atoms. The van der Waals surface area contributed by atoms with E-state index in [2.05, 4.69) is 4.90 Å². The number of rotatable bonds is 3. The minimum Gasteiger partial charge on any atom is -0.340 e. The molecule has 0 aromatic rings. The van der Waals surface area contributed by atoms with Crippen molar-refractivity contribution in [3.8, 4) is 0 Å². The van der Waals surface area contributed by atoms with Crippen LogP contribution in [-0.2, 0) is 4.79 Å². The van der Waals surface area contributed by atoms with Gasteiger partial charge in [-0.25, -0.2) is 0 Å². The maximum atomic E-state index is 12.2. The van der Waals surface area contributed by atoms with E-state index in [0.29, 0.717) is 6.04 Å². The topological polar surface area (TPSA) is 49.6 Å². The van der Waals surface area contributed by atoms with Crippen LogP contribution >= 0.6 is 0 Å². The quantitative estimate of drug-likeness (QED) is 0.818. The molecule has 0 saturated carbocycles. The molecule has 0 radical (unpaired) electrons. The van der Waals surface area contributed by atoms with Crippen molar-refractivity contribution in [1.29, 1.82) is 0 Å². The van der Waals surface area contributed by atoms with Gasteiger partial charge in [0.1, 0.15) is 0 Å². The van der Waals surface area contributed by atoms with Gasteiger partial charge in [0.2, 0.25) is 5.91 Å². The van der Waals surface area contributed by atoms with Crippen molar-refractivity contribution in [3.05, 3.63) is 0 Å². The van der Waals surface area contributed by atoms with E-state index < -0.39 is 0 Å². The summed E-state index contributed by atoms with van der Waals surface area (Å²) in [5.41, 5.74) is 5.96. The molecular weight excluding hydrogens is 226 g/mol. The second-order valence-corrected chi connectivity index (χ2v) is 6.09. The molecule has 2 atom stereocenters. The first-order chi connectivity index (χ1) is 8.59. The lowest BCUT2D eigenvalue weighted by Gasteiger charge is -2.32. The Morgan fingerprint density at radius 3 is 2.44 bits per heavy atom. The molecule has 2 fully saturated rings. The normalized spacial score (nSPS) is 27.8. The lowest BCUT2D eigenvalue weighted by molar-refractivity contribution is -0.132. The van der Waals surface area contributed by atoms with Crippen molar-refractivity contribution < 1.29 is 4.79 Å². The Balaban J connectivity index is 1.85. The van der Waals surface area contributed by atoms with Crippen LogP contribution < -0.4 is 5.73 Å². The summed E-state index contributed by atoms with van der Waals surface area (Å²) in [4.78, 5) is 16.7. The molecule has 0 bridgehead atoms. The van der Waals surface area contributed by atoms with E-state index in [9.17, 15) is 4.79 Å². The largest absolute Gasteiger partial charge is 0.340 e. The van der Waals surface area contributed by atoms with Gasteiger partial charge >= 0.3 is 0 Å². The lowest BCUT2D eigenvalue weighted by atomic mass is 10.0. The first-order valence-electron chi connectivity index (χ1n) is 7.38. The van der Waals surface area contributed by atoms with Crippen molar-refractivity contribution in [2.75, 3.05) is 26.2 Å². The predicted octanol–water partition coefficient (Wildman–Crippen LogP) is 1.06. The van der Waals surface area contributed by atoms with E-state index in [1.54, 1.807) is 0 Å². The number of nitrogens with two attached hydrogens (primary N) is 1. The molecular formula is C14H27N3O. The van der Waals surface area contributed by atoms with Crippen LogP contribution in [0.25, 0.3) is 0 Å². The van der Waals surface area contributed by atoms with Gasteiger partial charge < -0.3 is 10.6 Å². The fraction of sp³-hybridized carbons (Fsp3) is 0.929. The first-order valence-corrected chi connectivity index (χ1v) is 7.38. The smallest absolute Gasteiger partial charge is 0.239 e. The fourth-order valence-electron chi connectivity index (χ4n) is 3.02. The maximum absolute atomic E-state index is 12.2. The van der Waals surface area contributed by atoms with Crippen molar-refractivity contribution in [3.63, 3.8) is 0 Å². The monoisotopic (exact) mass is 253 g/mol. The molecule has 18 heavy (non-hydrogen) atoms. The van der Waals surface area contributed by atoms with Gasteiger partial charge in [-0.3, -0.25) is 9.69 Å². The van der Waals surface area contributed by atoms with Gasteiger partial charge in [0.25, 0.3) is 0 Å². The van der Waals surface area contributed by atoms with Crippen molar-refractivity contribution in [1.82, 2.24) is 9.80 Å². The molecule has 2 aliphatic rings. The van der Waals surface area contributed by atoms with Gasteiger partial charge in [0.05, 0.1) is 6.04 Å². The van der Waals surface area contributed by atoms with Crippen LogP contribution in [0.3, 0.4) is 0 Å². The standard InChI is InChI=1S/C14H27N3O/c1-11(2)13(15)14(18)17-9-6-12(10-17)16-7-4-3-5-8-16/h11-13H,3-10,15H2,1-2H3/t12?,13-/m0/s1. The average molecular weight is 253 g/mol. The van der Waals surface area contributed by atoms with Crippen LogP contribution in [0.4, 0.5) is 0 Å². The lowest BCUT2D eigenvalue weighted by Crippen LogP contribution is -2.47. The summed E-state index contributed by atoms with van der Waals surface area (Å²) in [6.07, 6.45) is 5.12. The molecule has 2 heterocycles. The van der Waals surface area contributed by atoms with Crippen LogP contribution in [0.2, 0.25) is 0 Å². The molecule has 0 aromatic carbocycles. The van der Waals surface area contributed by atoms with Crippen molar-refractivity contribution >= 4 is 5.91 Å². The number of carbonyl (C=O) groups excluding carboxylic acids is 1. The number of carbonyl (C=O) groups is 1. The van der Waals surface area contributed by atoms with Crippen molar-refractivity contribution in [2.24, 2.45) is 11.7 Å². The Morgan fingerprint density at radius 2 is 1.83 bits per heavy atom. The summed E-state index contributed by atoms with van der Waals surface area (Å²) in [6.45, 7) is 8.23. The van der Waals surface area contributed by atoms with Gasteiger partial charge in [0, 0.05) is 19.1 Å². The molecule has 104 valence electrons. The molecule has 4 heteroatoms. The Bertz CT molecular complexity index is 287. The highest BCUT2D eigenvalue weighted by atomic mass is 16.2. The third kappa shape index (κ3) is 3.04. The molecule has 2 N–H and O–H groups in total. The zero-order valence-corrected chi connectivity index (χ0v) is 11.8. The van der Waals surface area contributed by atoms with E-state index in [-0.39, 0.29) is 17.9 Å². The maximum Gasteiger partial charge on any atom is 0.239 e. The molecule has 0 aromatic heterocycles. The molecule has 2 aliphatic heterocycles. The zero-order valence-electron chi connectivity index (χ0n) is 11.8. The summed E-state index contributed by atoms with van der Waals surface area (Å²) >= 11 is 0. The number of hydrogen-bond donors (Lipinski definition) is 1. The highest BCUT2D eigenvalue weighted by Crippen LogP contribution is 2.21. The Kier molecular flexibility index (Phi) is 4.62. The van der Waals surface area contributed by atoms with Crippen LogP contribution in [-0.4, -0.2) is 54.0 Å². The van der Waals surface area contributed by atoms with Gasteiger partial charge in [0.15, 0.2) is 0 Å². The highest BCUT2D eigenvalue weighted by molar-refractivity contribution is 5.82. The SMILES string of the molecule is CC(C)[C@H](N)C(=O)N1CCC(N2CCCCC2)C1. The number of piperidine rings is 1. The fourth-order valence-corrected chi connectivity index (χ4v) is 3.02. The Morgan fingerprint density at radius 1 is 1.17 bits per heavy atom. The minimum absolute atomic E-state index is 0.143. The minimum atomic E-state index is -0.329. The van der Waals surface area contributed by atoms with Crippen LogP contribution in [0.1, 0.15) is 39.5 Å². The number of nitrogens with zero attached hydrogens (tertiary/aromatic N) is 2. The van der Waals surface area contributed by atoms with Crippen LogP contribution in [0, 0.1) is 5.92 Å². The second-order valence-electron chi connectivity index (χ2n) is 6.09. The summed E-state index contributed by atoms with van der Waals surface area (Å²) < 4.78 is 0. The third-order valence-electron chi connectivity index (χ3n) is 4.39. The molecule has 2 rings (SSSR count). The van der Waals surface area contributed by atoms with Crippen LogP contribution in [0.15, 0.2) is 0 Å². The van der Waals surface area contributed by atoms with Gasteiger partial charge in [-0.2, -0.15) is 0 Å². The molecule has 1 amide bonds. The van der Waals surface area contributed by atoms with Crippen molar-refractivity contribution in [2.45, 2.75) is 51.6 Å². The molecule has 2 saturated heterocycles. The van der Waals surface area contributed by atoms with E-state index >= 15 is 0 Å². The number of hydrogen-bond acceptors (Lipinski definition) is 3. The van der Waals surface area contributed by atoms with Gasteiger partial charge in [-0.15, -0.1) is 0 Å². The predicted molar refractivity (Wildman–Crippen MR) is 73.2 cm³/mol. The second kappa shape index (κ2) is 6.02. The zero-order chi connectivity index (χ0) is 13.1. The first kappa shape index (κ1) is 13.8. The molecule has 1 unspecified atom stereocenters. The van der Waals surface area contributed by atoms with E-state index in [4.69, 9.17) is 5.73 Å². The molecule has 4 nitrogen and oxygen atoms in total. The van der Waals surface area contributed by atoms with Gasteiger partial charge in [-0.05, 0) is 38.3 Å². The van der Waals surface area contributed by atoms with Crippen LogP contribution in [0.5, 0.6) is 0 Å². The van der Waals surface area contributed by atoms with E-state index in [0.717, 1.165) is 19.5 Å². The summed E-state index contributed by atoms with van der Waals surface area (Å²) in [5, 5.41) is 0. The van der Waals surface area contributed by atoms with E-state index in [1.807, 2.05) is 18.7 Å². The molecule has 0 aliphatic carbocycles. The highest BCUT2D eigenvalue weighted by Gasteiger charge is 2.33. The summed E-state index contributed by atoms with van der Waals surface area (Å²) in [5.74, 6) is 0.371. The summed E-state index contributed by atoms with van der Waals surface area (Å²) in [6, 6.07) is 0.249. The number of amides is 1. The Hall–Kier alpha value is -0.610. The summed E-state index contributed by atoms with van der Waals surface area (Å²) in [7, 11) is 0. The van der Waals surface area contributed by atoms with Gasteiger partial charge in [-0.1, -0.05) is 20.3 Å². The van der Waals surface area contributed by atoms with E-state index in [1.165, 1.54) is 32.4 Å².